The number of hydrogen-bond acceptors (Lipinski definition) is 4. The van der Waals surface area contributed by atoms with Crippen LogP contribution in [0.1, 0.15) is 24.8 Å². The van der Waals surface area contributed by atoms with Gasteiger partial charge in [0.15, 0.2) is 0 Å². The summed E-state index contributed by atoms with van der Waals surface area (Å²) in [7, 11) is 0. The minimum atomic E-state index is 0.00343. The monoisotopic (exact) mass is 298 g/mol. The average Bonchev–Trinajstić information content (AvgIpc) is 2.92. The fraction of sp³-hybridized carbons (Fsp3) is 0.333. The van der Waals surface area contributed by atoms with Crippen LogP contribution in [0.15, 0.2) is 42.5 Å². The third-order valence-electron chi connectivity index (χ3n) is 4.04. The van der Waals surface area contributed by atoms with Gasteiger partial charge in [0.25, 0.3) is 0 Å². The third kappa shape index (κ3) is 3.11. The number of nitrogens with two attached hydrogens (primary N) is 2. The molecule has 0 saturated heterocycles. The molecule has 0 radical (unpaired) electrons. The van der Waals surface area contributed by atoms with Crippen molar-refractivity contribution >= 4 is 11.4 Å². The molecule has 116 valence electrons. The normalized spacial score (nSPS) is 20.8. The Bertz CT molecular complexity index is 657. The zero-order valence-corrected chi connectivity index (χ0v) is 12.8. The number of anilines is 2. The Morgan fingerprint density at radius 2 is 1.50 bits per heavy atom. The van der Waals surface area contributed by atoms with Gasteiger partial charge in [0.1, 0.15) is 23.7 Å². The molecule has 1 fully saturated rings. The maximum Gasteiger partial charge on any atom is 0.143 e. The van der Waals surface area contributed by atoms with Gasteiger partial charge < -0.3 is 20.9 Å². The summed E-state index contributed by atoms with van der Waals surface area (Å²) in [6.07, 6.45) is 3.01. The molecular formula is C18H22N2O2. The Labute approximate surface area is 131 Å². The molecule has 0 bridgehead atoms. The number of aryl methyl sites for hydroxylation is 1. The van der Waals surface area contributed by atoms with Crippen LogP contribution in [0.25, 0.3) is 0 Å². The van der Waals surface area contributed by atoms with Crippen molar-refractivity contribution in [1.82, 2.24) is 0 Å². The fourth-order valence-electron chi connectivity index (χ4n) is 2.82. The third-order valence-corrected chi connectivity index (χ3v) is 4.04. The van der Waals surface area contributed by atoms with E-state index in [1.54, 1.807) is 0 Å². The summed E-state index contributed by atoms with van der Waals surface area (Å²) in [5.41, 5.74) is 14.4. The summed E-state index contributed by atoms with van der Waals surface area (Å²) < 4.78 is 12.2. The highest BCUT2D eigenvalue weighted by atomic mass is 16.5. The summed E-state index contributed by atoms with van der Waals surface area (Å²) in [4.78, 5) is 0. The Kier molecular flexibility index (Phi) is 4.09. The molecule has 22 heavy (non-hydrogen) atoms. The van der Waals surface area contributed by atoms with Crippen molar-refractivity contribution in [3.05, 3.63) is 48.0 Å². The second-order valence-electron chi connectivity index (χ2n) is 5.82. The number of benzene rings is 2. The number of hydrogen-bond donors (Lipinski definition) is 2. The molecule has 4 nitrogen and oxygen atoms in total. The van der Waals surface area contributed by atoms with E-state index in [0.29, 0.717) is 11.4 Å². The van der Waals surface area contributed by atoms with Gasteiger partial charge in [-0.15, -0.1) is 0 Å². The van der Waals surface area contributed by atoms with E-state index < -0.39 is 0 Å². The highest BCUT2D eigenvalue weighted by Gasteiger charge is 2.31. The number of rotatable bonds is 4. The van der Waals surface area contributed by atoms with Crippen molar-refractivity contribution in [2.45, 2.75) is 38.4 Å². The predicted octanol–water partition coefficient (Wildman–Crippen LogP) is 3.54. The second kappa shape index (κ2) is 6.18. The van der Waals surface area contributed by atoms with E-state index in [-0.39, 0.29) is 12.2 Å². The van der Waals surface area contributed by atoms with Crippen molar-refractivity contribution < 1.29 is 9.47 Å². The molecule has 0 unspecified atom stereocenters. The molecule has 0 aromatic heterocycles. The summed E-state index contributed by atoms with van der Waals surface area (Å²) in [6.45, 7) is 2.03. The molecule has 0 heterocycles. The molecule has 4 heteroatoms. The van der Waals surface area contributed by atoms with Crippen molar-refractivity contribution in [1.29, 1.82) is 0 Å². The number of para-hydroxylation sites is 2. The van der Waals surface area contributed by atoms with Gasteiger partial charge in [0.2, 0.25) is 0 Å². The first-order chi connectivity index (χ1) is 10.6. The minimum Gasteiger partial charge on any atom is -0.484 e. The SMILES string of the molecule is Cc1ccc(N)c(O[C@@H]2CCC[C@@H]2Oc2ccccc2N)c1. The van der Waals surface area contributed by atoms with Crippen molar-refractivity contribution in [2.24, 2.45) is 0 Å². The summed E-state index contributed by atoms with van der Waals surface area (Å²) in [6, 6.07) is 13.4. The van der Waals surface area contributed by atoms with E-state index in [1.807, 2.05) is 49.4 Å². The first-order valence-corrected chi connectivity index (χ1v) is 7.67. The minimum absolute atomic E-state index is 0.00343. The van der Waals surface area contributed by atoms with Crippen LogP contribution in [-0.2, 0) is 0 Å². The van der Waals surface area contributed by atoms with Crippen LogP contribution in [0.2, 0.25) is 0 Å². The fourth-order valence-corrected chi connectivity index (χ4v) is 2.82. The molecule has 3 rings (SSSR count). The van der Waals surface area contributed by atoms with Crippen molar-refractivity contribution in [3.8, 4) is 11.5 Å². The Morgan fingerprint density at radius 1 is 0.864 bits per heavy atom. The Balaban J connectivity index is 1.73. The Morgan fingerprint density at radius 3 is 2.23 bits per heavy atom. The Hall–Kier alpha value is -2.36. The summed E-state index contributed by atoms with van der Waals surface area (Å²) in [5.74, 6) is 1.46. The first kappa shape index (κ1) is 14.6. The highest BCUT2D eigenvalue weighted by Crippen LogP contribution is 2.32. The van der Waals surface area contributed by atoms with E-state index in [1.165, 1.54) is 0 Å². The van der Waals surface area contributed by atoms with E-state index >= 15 is 0 Å². The predicted molar refractivity (Wildman–Crippen MR) is 89.1 cm³/mol. The van der Waals surface area contributed by atoms with Crippen LogP contribution < -0.4 is 20.9 Å². The summed E-state index contributed by atoms with van der Waals surface area (Å²) >= 11 is 0. The van der Waals surface area contributed by atoms with Crippen LogP contribution >= 0.6 is 0 Å². The van der Waals surface area contributed by atoms with E-state index in [0.717, 1.165) is 36.3 Å². The van der Waals surface area contributed by atoms with E-state index in [9.17, 15) is 0 Å². The maximum atomic E-state index is 6.12. The lowest BCUT2D eigenvalue weighted by Gasteiger charge is -2.24. The van der Waals surface area contributed by atoms with Crippen LogP contribution in [0, 0.1) is 6.92 Å². The average molecular weight is 298 g/mol. The zero-order chi connectivity index (χ0) is 15.5. The molecule has 0 spiro atoms. The van der Waals surface area contributed by atoms with Gasteiger partial charge in [-0.05, 0) is 56.0 Å². The molecule has 2 aromatic rings. The maximum absolute atomic E-state index is 6.12. The zero-order valence-electron chi connectivity index (χ0n) is 12.8. The number of nitrogen functional groups attached to an aromatic ring is 2. The lowest BCUT2D eigenvalue weighted by Crippen LogP contribution is -2.31. The summed E-state index contributed by atoms with van der Waals surface area (Å²) in [5, 5.41) is 0. The molecule has 4 N–H and O–H groups in total. The number of ether oxygens (including phenoxy) is 2. The highest BCUT2D eigenvalue weighted by molar-refractivity contribution is 5.54. The van der Waals surface area contributed by atoms with Crippen LogP contribution in [-0.4, -0.2) is 12.2 Å². The quantitative estimate of drug-likeness (QED) is 0.847. The van der Waals surface area contributed by atoms with E-state index in [4.69, 9.17) is 20.9 Å². The topological polar surface area (TPSA) is 70.5 Å². The molecule has 1 aliphatic carbocycles. The van der Waals surface area contributed by atoms with Crippen LogP contribution in [0.3, 0.4) is 0 Å². The molecule has 2 aromatic carbocycles. The van der Waals surface area contributed by atoms with E-state index in [2.05, 4.69) is 0 Å². The van der Waals surface area contributed by atoms with Gasteiger partial charge in [-0.3, -0.25) is 0 Å². The van der Waals surface area contributed by atoms with Gasteiger partial charge in [-0.2, -0.15) is 0 Å². The van der Waals surface area contributed by atoms with Gasteiger partial charge in [-0.25, -0.2) is 0 Å². The molecule has 1 aliphatic rings. The molecule has 1 saturated carbocycles. The largest absolute Gasteiger partial charge is 0.484 e. The first-order valence-electron chi connectivity index (χ1n) is 7.67. The van der Waals surface area contributed by atoms with Crippen LogP contribution in [0.4, 0.5) is 11.4 Å². The molecule has 0 amide bonds. The van der Waals surface area contributed by atoms with Gasteiger partial charge in [0.05, 0.1) is 11.4 Å². The van der Waals surface area contributed by atoms with Crippen molar-refractivity contribution in [3.63, 3.8) is 0 Å². The smallest absolute Gasteiger partial charge is 0.143 e. The second-order valence-corrected chi connectivity index (χ2v) is 5.82. The molecule has 2 atom stereocenters. The lowest BCUT2D eigenvalue weighted by atomic mass is 10.2. The van der Waals surface area contributed by atoms with Gasteiger partial charge in [-0.1, -0.05) is 18.2 Å². The molecule has 0 aliphatic heterocycles. The lowest BCUT2D eigenvalue weighted by molar-refractivity contribution is 0.0790. The van der Waals surface area contributed by atoms with Crippen LogP contribution in [0.5, 0.6) is 11.5 Å². The van der Waals surface area contributed by atoms with Gasteiger partial charge in [0, 0.05) is 0 Å². The standard InChI is InChI=1S/C18H22N2O2/c1-12-9-10-14(20)18(11-12)22-17-8-4-7-16(17)21-15-6-3-2-5-13(15)19/h2-3,5-6,9-11,16-17H,4,7-8,19-20H2,1H3/t16-,17+/m0/s1. The van der Waals surface area contributed by atoms with Gasteiger partial charge >= 0.3 is 0 Å². The molecular weight excluding hydrogens is 276 g/mol. The van der Waals surface area contributed by atoms with Crippen molar-refractivity contribution in [2.75, 3.05) is 11.5 Å².